The number of carbonyl (C=O) groups is 2. The number of rotatable bonds is 6. The number of hydrogen-bond donors (Lipinski definition) is 1. The van der Waals surface area contributed by atoms with Crippen LogP contribution in [-0.2, 0) is 16.6 Å². The molecular formula is C31H33ClN4O2. The topological polar surface area (TPSA) is 65.5 Å². The summed E-state index contributed by atoms with van der Waals surface area (Å²) >= 11 is 6.45. The van der Waals surface area contributed by atoms with E-state index in [-0.39, 0.29) is 23.9 Å². The monoisotopic (exact) mass is 528 g/mol. The van der Waals surface area contributed by atoms with Crippen LogP contribution in [0.4, 0.5) is 5.69 Å². The van der Waals surface area contributed by atoms with Crippen LogP contribution < -0.4 is 10.2 Å². The number of benzene rings is 2. The molecule has 1 saturated heterocycles. The van der Waals surface area contributed by atoms with Crippen LogP contribution in [0.1, 0.15) is 65.2 Å². The van der Waals surface area contributed by atoms with Crippen molar-refractivity contribution in [1.29, 1.82) is 0 Å². The fourth-order valence-corrected chi connectivity index (χ4v) is 6.53. The van der Waals surface area contributed by atoms with Crippen molar-refractivity contribution >= 4 is 29.1 Å². The van der Waals surface area contributed by atoms with Gasteiger partial charge < -0.3 is 15.1 Å². The van der Waals surface area contributed by atoms with Gasteiger partial charge in [0.1, 0.15) is 0 Å². The van der Waals surface area contributed by atoms with Crippen molar-refractivity contribution in [3.63, 3.8) is 0 Å². The van der Waals surface area contributed by atoms with E-state index in [1.54, 1.807) is 0 Å². The molecule has 38 heavy (non-hydrogen) atoms. The molecule has 1 saturated carbocycles. The van der Waals surface area contributed by atoms with Gasteiger partial charge in [0, 0.05) is 54.8 Å². The average Bonchev–Trinajstić information content (AvgIpc) is 3.68. The standard InChI is InChI=1S/C31H33ClN4O2/c1-35(23-12-18-36(19-13-23)24-10-16-33-17-11-24)29(37)22-7-6-21-8-9-28(25(21)20-22)34-30(38)31(14-15-31)26-4-2-3-5-27(26)32/h2-7,10-11,16-17,20,23,28H,8-9,12-15,18-19H2,1H3,(H,34,38)/t28-/m1/s1. The third kappa shape index (κ3) is 4.55. The number of fused-ring (bicyclic) bond motifs is 1. The predicted octanol–water partition coefficient (Wildman–Crippen LogP) is 5.31. The maximum atomic E-state index is 13.5. The highest BCUT2D eigenvalue weighted by Crippen LogP contribution is 2.51. The summed E-state index contributed by atoms with van der Waals surface area (Å²) in [5, 5.41) is 3.96. The van der Waals surface area contributed by atoms with E-state index >= 15 is 0 Å². The molecule has 2 aromatic carbocycles. The molecule has 2 heterocycles. The number of halogens is 1. The number of aryl methyl sites for hydroxylation is 1. The zero-order chi connectivity index (χ0) is 26.3. The Morgan fingerprint density at radius 3 is 2.47 bits per heavy atom. The molecule has 2 amide bonds. The van der Waals surface area contributed by atoms with Crippen molar-refractivity contribution in [3.05, 3.63) is 94.3 Å². The molecule has 6 rings (SSSR count). The molecule has 0 radical (unpaired) electrons. The molecule has 2 aliphatic carbocycles. The van der Waals surface area contributed by atoms with Gasteiger partial charge in [0.15, 0.2) is 0 Å². The van der Waals surface area contributed by atoms with Crippen molar-refractivity contribution in [3.8, 4) is 0 Å². The smallest absolute Gasteiger partial charge is 0.253 e. The molecule has 0 unspecified atom stereocenters. The van der Waals surface area contributed by atoms with Crippen LogP contribution in [0.3, 0.4) is 0 Å². The zero-order valence-corrected chi connectivity index (χ0v) is 22.5. The zero-order valence-electron chi connectivity index (χ0n) is 21.7. The van der Waals surface area contributed by atoms with E-state index in [9.17, 15) is 9.59 Å². The lowest BCUT2D eigenvalue weighted by molar-refractivity contribution is -0.124. The van der Waals surface area contributed by atoms with Crippen molar-refractivity contribution in [1.82, 2.24) is 15.2 Å². The number of piperidine rings is 1. The van der Waals surface area contributed by atoms with Crippen LogP contribution in [-0.4, -0.2) is 47.9 Å². The van der Waals surface area contributed by atoms with Gasteiger partial charge in [-0.05, 0) is 85.5 Å². The van der Waals surface area contributed by atoms with Gasteiger partial charge in [-0.2, -0.15) is 0 Å². The maximum absolute atomic E-state index is 13.5. The quantitative estimate of drug-likeness (QED) is 0.471. The first-order chi connectivity index (χ1) is 18.5. The minimum absolute atomic E-state index is 0.0401. The van der Waals surface area contributed by atoms with Gasteiger partial charge in [0.25, 0.3) is 5.91 Å². The minimum Gasteiger partial charge on any atom is -0.371 e. The Morgan fingerprint density at radius 2 is 1.76 bits per heavy atom. The van der Waals surface area contributed by atoms with Gasteiger partial charge >= 0.3 is 0 Å². The number of nitrogens with one attached hydrogen (secondary N) is 1. The Bertz CT molecular complexity index is 1350. The number of amides is 2. The fourth-order valence-electron chi connectivity index (χ4n) is 6.21. The molecule has 1 N–H and O–H groups in total. The Balaban J connectivity index is 1.13. The lowest BCUT2D eigenvalue weighted by Gasteiger charge is -2.38. The van der Waals surface area contributed by atoms with Crippen LogP contribution in [0.5, 0.6) is 0 Å². The molecule has 7 heteroatoms. The molecule has 1 aromatic heterocycles. The summed E-state index contributed by atoms with van der Waals surface area (Å²) in [7, 11) is 1.92. The Labute approximate surface area is 229 Å². The van der Waals surface area contributed by atoms with E-state index < -0.39 is 5.41 Å². The first kappa shape index (κ1) is 24.9. The molecule has 2 fully saturated rings. The maximum Gasteiger partial charge on any atom is 0.253 e. The van der Waals surface area contributed by atoms with E-state index in [0.717, 1.165) is 62.7 Å². The normalized spacial score (nSPS) is 20.1. The lowest BCUT2D eigenvalue weighted by atomic mass is 9.94. The second-order valence-electron chi connectivity index (χ2n) is 10.9. The molecular weight excluding hydrogens is 496 g/mol. The summed E-state index contributed by atoms with van der Waals surface area (Å²) in [5.74, 6) is 0.0834. The Morgan fingerprint density at radius 1 is 1.03 bits per heavy atom. The molecule has 1 atom stereocenters. The third-order valence-corrected chi connectivity index (χ3v) is 9.04. The van der Waals surface area contributed by atoms with Crippen molar-refractivity contribution in [2.75, 3.05) is 25.0 Å². The van der Waals surface area contributed by atoms with Gasteiger partial charge in [-0.15, -0.1) is 0 Å². The molecule has 196 valence electrons. The second-order valence-corrected chi connectivity index (χ2v) is 11.3. The fraction of sp³-hybridized carbons (Fsp3) is 0.387. The number of nitrogens with zero attached hydrogens (tertiary/aromatic N) is 3. The molecule has 0 bridgehead atoms. The molecule has 1 aliphatic heterocycles. The number of aromatic nitrogens is 1. The first-order valence-electron chi connectivity index (χ1n) is 13.6. The second kappa shape index (κ2) is 10.1. The molecule has 6 nitrogen and oxygen atoms in total. The summed E-state index contributed by atoms with van der Waals surface area (Å²) in [6.07, 6.45) is 8.87. The summed E-state index contributed by atoms with van der Waals surface area (Å²) in [6.45, 7) is 1.83. The lowest BCUT2D eigenvalue weighted by Crippen LogP contribution is -2.45. The average molecular weight is 529 g/mol. The van der Waals surface area contributed by atoms with E-state index in [2.05, 4.69) is 21.3 Å². The highest BCUT2D eigenvalue weighted by molar-refractivity contribution is 6.31. The van der Waals surface area contributed by atoms with Crippen LogP contribution in [0, 0.1) is 0 Å². The van der Waals surface area contributed by atoms with Gasteiger partial charge in [0.2, 0.25) is 5.91 Å². The third-order valence-electron chi connectivity index (χ3n) is 8.71. The molecule has 0 spiro atoms. The SMILES string of the molecule is CN(C(=O)c1ccc2c(c1)[C@H](NC(=O)C1(c3ccccc3Cl)CC1)CC2)C1CCN(c2ccncc2)CC1. The van der Waals surface area contributed by atoms with Crippen LogP contribution >= 0.6 is 11.6 Å². The van der Waals surface area contributed by atoms with Gasteiger partial charge in [-0.25, -0.2) is 0 Å². The summed E-state index contributed by atoms with van der Waals surface area (Å²) in [6, 6.07) is 17.9. The van der Waals surface area contributed by atoms with Crippen LogP contribution in [0.15, 0.2) is 67.0 Å². The van der Waals surface area contributed by atoms with E-state index in [4.69, 9.17) is 11.6 Å². The van der Waals surface area contributed by atoms with Crippen LogP contribution in [0.25, 0.3) is 0 Å². The van der Waals surface area contributed by atoms with Gasteiger partial charge in [-0.1, -0.05) is 35.9 Å². The predicted molar refractivity (Wildman–Crippen MR) is 150 cm³/mol. The van der Waals surface area contributed by atoms with E-state index in [0.29, 0.717) is 10.6 Å². The molecule has 3 aliphatic rings. The minimum atomic E-state index is -0.528. The number of anilines is 1. The van der Waals surface area contributed by atoms with E-state index in [1.807, 2.05) is 72.9 Å². The summed E-state index contributed by atoms with van der Waals surface area (Å²) < 4.78 is 0. The first-order valence-corrected chi connectivity index (χ1v) is 13.9. The Hall–Kier alpha value is -3.38. The van der Waals surface area contributed by atoms with Crippen LogP contribution in [0.2, 0.25) is 5.02 Å². The highest BCUT2D eigenvalue weighted by Gasteiger charge is 2.52. The van der Waals surface area contributed by atoms with Crippen molar-refractivity contribution in [2.45, 2.75) is 56.0 Å². The van der Waals surface area contributed by atoms with Crippen molar-refractivity contribution in [2.24, 2.45) is 0 Å². The number of pyridine rings is 1. The largest absolute Gasteiger partial charge is 0.371 e. The highest BCUT2D eigenvalue weighted by atomic mass is 35.5. The van der Waals surface area contributed by atoms with E-state index in [1.165, 1.54) is 11.3 Å². The van der Waals surface area contributed by atoms with Gasteiger partial charge in [0.05, 0.1) is 11.5 Å². The molecule has 3 aromatic rings. The number of hydrogen-bond acceptors (Lipinski definition) is 4. The Kier molecular flexibility index (Phi) is 6.60. The summed E-state index contributed by atoms with van der Waals surface area (Å²) in [4.78, 5) is 35.3. The van der Waals surface area contributed by atoms with Crippen molar-refractivity contribution < 1.29 is 9.59 Å². The van der Waals surface area contributed by atoms with Gasteiger partial charge in [-0.3, -0.25) is 14.6 Å². The summed E-state index contributed by atoms with van der Waals surface area (Å²) in [5.41, 5.74) is 4.54. The number of carbonyl (C=O) groups excluding carboxylic acids is 2.